The van der Waals surface area contributed by atoms with E-state index in [1.54, 1.807) is 13.3 Å². The van der Waals surface area contributed by atoms with E-state index in [1.807, 2.05) is 103 Å². The number of hydrogen-bond acceptors (Lipinski definition) is 4. The van der Waals surface area contributed by atoms with Gasteiger partial charge in [-0.15, -0.1) is 5.10 Å². The molecule has 0 heterocycles. The van der Waals surface area contributed by atoms with Gasteiger partial charge >= 0.3 is 0 Å². The van der Waals surface area contributed by atoms with Gasteiger partial charge in [0, 0.05) is 21.7 Å². The normalized spacial score (nSPS) is 10.7. The second-order valence-corrected chi connectivity index (χ2v) is 7.62. The third-order valence-corrected chi connectivity index (χ3v) is 5.36. The molecule has 4 aromatic rings. The minimum absolute atomic E-state index is 0.352. The number of methoxy groups -OCH3 is 1. The van der Waals surface area contributed by atoms with Crippen molar-refractivity contribution in [2.24, 2.45) is 10.2 Å². The van der Waals surface area contributed by atoms with Gasteiger partial charge in [0.05, 0.1) is 13.3 Å². The largest absolute Gasteiger partial charge is 0.493 e. The van der Waals surface area contributed by atoms with Crippen LogP contribution < -0.4 is 9.47 Å². The molecule has 164 valence electrons. The van der Waals surface area contributed by atoms with Gasteiger partial charge in [-0.2, -0.15) is 5.10 Å². The average Bonchev–Trinajstić information content (AvgIpc) is 2.87. The van der Waals surface area contributed by atoms with Crippen molar-refractivity contribution in [3.05, 3.63) is 130 Å². The Labute approximate surface area is 198 Å². The van der Waals surface area contributed by atoms with Crippen LogP contribution in [0.1, 0.15) is 22.3 Å². The third-order valence-electron chi connectivity index (χ3n) is 4.99. The van der Waals surface area contributed by atoms with Crippen molar-refractivity contribution < 1.29 is 9.47 Å². The summed E-state index contributed by atoms with van der Waals surface area (Å²) in [5.41, 5.74) is 4.57. The molecule has 0 aliphatic carbocycles. The lowest BCUT2D eigenvalue weighted by atomic mass is 10.0. The Morgan fingerprint density at radius 2 is 1.42 bits per heavy atom. The zero-order valence-corrected chi connectivity index (χ0v) is 18.9. The molecule has 0 atom stereocenters. The Morgan fingerprint density at radius 3 is 2.06 bits per heavy atom. The summed E-state index contributed by atoms with van der Waals surface area (Å²) in [7, 11) is 1.61. The second-order valence-electron chi connectivity index (χ2n) is 7.22. The summed E-state index contributed by atoms with van der Waals surface area (Å²) in [6.45, 7) is 0.352. The first-order valence-corrected chi connectivity index (χ1v) is 10.9. The second kappa shape index (κ2) is 11.1. The topological polar surface area (TPSA) is 43.2 Å². The maximum Gasteiger partial charge on any atom is 0.161 e. The van der Waals surface area contributed by atoms with Crippen LogP contribution in [0.5, 0.6) is 11.5 Å². The van der Waals surface area contributed by atoms with Crippen LogP contribution >= 0.6 is 11.6 Å². The van der Waals surface area contributed by atoms with Crippen molar-refractivity contribution in [2.45, 2.75) is 6.61 Å². The van der Waals surface area contributed by atoms with Gasteiger partial charge in [-0.1, -0.05) is 90.5 Å². The van der Waals surface area contributed by atoms with Crippen LogP contribution in [0.25, 0.3) is 0 Å². The molecule has 4 aromatic carbocycles. The van der Waals surface area contributed by atoms with Crippen molar-refractivity contribution in [1.82, 2.24) is 0 Å². The van der Waals surface area contributed by atoms with Crippen LogP contribution in [-0.4, -0.2) is 19.0 Å². The van der Waals surface area contributed by atoms with Crippen LogP contribution in [0.2, 0.25) is 5.02 Å². The molecular formula is C28H23ClN2O2. The predicted octanol–water partition coefficient (Wildman–Crippen LogP) is 6.80. The van der Waals surface area contributed by atoms with Crippen LogP contribution in [0, 0.1) is 0 Å². The minimum atomic E-state index is 0.352. The molecule has 0 saturated heterocycles. The van der Waals surface area contributed by atoms with Gasteiger partial charge in [0.25, 0.3) is 0 Å². The maximum absolute atomic E-state index is 6.22. The lowest BCUT2D eigenvalue weighted by Crippen LogP contribution is -2.02. The number of hydrogen-bond donors (Lipinski definition) is 0. The molecule has 0 amide bonds. The minimum Gasteiger partial charge on any atom is -0.493 e. The standard InChI is InChI=1S/C28H23ClN2O2/c1-32-27-18-21(16-17-26(27)33-20-24-14-8-9-15-25(24)29)19-30-31-28(22-10-4-2-5-11-22)23-12-6-3-7-13-23/h2-19H,20H2,1H3. The van der Waals surface area contributed by atoms with Gasteiger partial charge in [0.1, 0.15) is 12.3 Å². The molecule has 0 aliphatic rings. The molecular weight excluding hydrogens is 432 g/mol. The number of halogens is 1. The Morgan fingerprint density at radius 1 is 0.788 bits per heavy atom. The van der Waals surface area contributed by atoms with E-state index in [-0.39, 0.29) is 0 Å². The summed E-state index contributed by atoms with van der Waals surface area (Å²) in [4.78, 5) is 0. The summed E-state index contributed by atoms with van der Waals surface area (Å²) in [5, 5.41) is 9.55. The highest BCUT2D eigenvalue weighted by molar-refractivity contribution is 6.31. The van der Waals surface area contributed by atoms with Crippen molar-refractivity contribution in [3.63, 3.8) is 0 Å². The molecule has 4 rings (SSSR count). The highest BCUT2D eigenvalue weighted by atomic mass is 35.5. The molecule has 0 bridgehead atoms. The van der Waals surface area contributed by atoms with E-state index < -0.39 is 0 Å². The molecule has 0 aliphatic heterocycles. The van der Waals surface area contributed by atoms with Crippen LogP contribution in [0.4, 0.5) is 0 Å². The first-order chi connectivity index (χ1) is 16.2. The average molecular weight is 455 g/mol. The first-order valence-electron chi connectivity index (χ1n) is 10.5. The number of rotatable bonds is 8. The zero-order valence-electron chi connectivity index (χ0n) is 18.2. The Balaban J connectivity index is 1.54. The van der Waals surface area contributed by atoms with Gasteiger partial charge in [-0.05, 0) is 29.8 Å². The lowest BCUT2D eigenvalue weighted by molar-refractivity contribution is 0.284. The van der Waals surface area contributed by atoms with Crippen LogP contribution in [0.15, 0.2) is 113 Å². The summed E-state index contributed by atoms with van der Waals surface area (Å²) in [5.74, 6) is 1.24. The maximum atomic E-state index is 6.22. The van der Waals surface area contributed by atoms with Gasteiger partial charge in [-0.25, -0.2) is 0 Å². The SMILES string of the molecule is COc1cc(C=NN=C(c2ccccc2)c2ccccc2)ccc1OCc1ccccc1Cl. The number of benzene rings is 4. The Kier molecular flexibility index (Phi) is 7.52. The van der Waals surface area contributed by atoms with Gasteiger partial charge in [-0.3, -0.25) is 0 Å². The highest BCUT2D eigenvalue weighted by Crippen LogP contribution is 2.29. The monoisotopic (exact) mass is 454 g/mol. The fourth-order valence-corrected chi connectivity index (χ4v) is 3.47. The van der Waals surface area contributed by atoms with E-state index in [1.165, 1.54) is 0 Å². The van der Waals surface area contributed by atoms with E-state index in [0.717, 1.165) is 28.0 Å². The smallest absolute Gasteiger partial charge is 0.161 e. The number of nitrogens with zero attached hydrogens (tertiary/aromatic N) is 2. The van der Waals surface area contributed by atoms with Gasteiger partial charge < -0.3 is 9.47 Å². The molecule has 0 spiro atoms. The van der Waals surface area contributed by atoms with Crippen molar-refractivity contribution in [3.8, 4) is 11.5 Å². The quantitative estimate of drug-likeness (QED) is 0.217. The van der Waals surface area contributed by atoms with E-state index in [0.29, 0.717) is 23.1 Å². The molecule has 0 unspecified atom stereocenters. The molecule has 0 radical (unpaired) electrons. The summed E-state index contributed by atoms with van der Waals surface area (Å²) >= 11 is 6.22. The third kappa shape index (κ3) is 5.88. The van der Waals surface area contributed by atoms with Gasteiger partial charge in [0.15, 0.2) is 11.5 Å². The zero-order chi connectivity index (χ0) is 22.9. The van der Waals surface area contributed by atoms with E-state index in [4.69, 9.17) is 21.1 Å². The lowest BCUT2D eigenvalue weighted by Gasteiger charge is -2.12. The molecule has 4 nitrogen and oxygen atoms in total. The molecule has 0 fully saturated rings. The molecule has 0 N–H and O–H groups in total. The van der Waals surface area contributed by atoms with E-state index >= 15 is 0 Å². The Hall–Kier alpha value is -3.89. The van der Waals surface area contributed by atoms with Crippen molar-refractivity contribution in [1.29, 1.82) is 0 Å². The van der Waals surface area contributed by atoms with Crippen LogP contribution in [-0.2, 0) is 6.61 Å². The fourth-order valence-electron chi connectivity index (χ4n) is 3.28. The molecule has 0 saturated carbocycles. The van der Waals surface area contributed by atoms with E-state index in [9.17, 15) is 0 Å². The molecule has 0 aromatic heterocycles. The Bertz CT molecular complexity index is 1210. The predicted molar refractivity (Wildman–Crippen MR) is 135 cm³/mol. The summed E-state index contributed by atoms with van der Waals surface area (Å²) < 4.78 is 11.4. The first kappa shape index (κ1) is 22.3. The van der Waals surface area contributed by atoms with Crippen molar-refractivity contribution in [2.75, 3.05) is 7.11 Å². The van der Waals surface area contributed by atoms with Crippen LogP contribution in [0.3, 0.4) is 0 Å². The fraction of sp³-hybridized carbons (Fsp3) is 0.0714. The van der Waals surface area contributed by atoms with Crippen molar-refractivity contribution >= 4 is 23.5 Å². The summed E-state index contributed by atoms with van der Waals surface area (Å²) in [6, 6.07) is 33.3. The highest BCUT2D eigenvalue weighted by Gasteiger charge is 2.08. The van der Waals surface area contributed by atoms with E-state index in [2.05, 4.69) is 10.2 Å². The molecule has 33 heavy (non-hydrogen) atoms. The molecule has 5 heteroatoms. The number of ether oxygens (including phenoxy) is 2. The summed E-state index contributed by atoms with van der Waals surface area (Å²) in [6.07, 6.45) is 1.70. The van der Waals surface area contributed by atoms with Gasteiger partial charge in [0.2, 0.25) is 0 Å².